The van der Waals surface area contributed by atoms with E-state index in [1.165, 1.54) is 0 Å². The number of benzene rings is 2. The number of morpholine rings is 1. The smallest absolute Gasteiger partial charge is 0.268 e. The van der Waals surface area contributed by atoms with Crippen molar-refractivity contribution >= 4 is 17.5 Å². The van der Waals surface area contributed by atoms with Gasteiger partial charge < -0.3 is 14.4 Å². The van der Waals surface area contributed by atoms with Crippen LogP contribution in [0, 0.1) is 6.92 Å². The molecule has 1 atom stereocenters. The largest absolute Gasteiger partial charge is 0.476 e. The number of hydrogen-bond acceptors (Lipinski definition) is 3. The van der Waals surface area contributed by atoms with Crippen LogP contribution in [0.3, 0.4) is 0 Å². The van der Waals surface area contributed by atoms with Gasteiger partial charge in [0.25, 0.3) is 5.91 Å². The fourth-order valence-corrected chi connectivity index (χ4v) is 2.78. The number of halogens is 1. The molecule has 0 spiro atoms. The van der Waals surface area contributed by atoms with Gasteiger partial charge in [0.05, 0.1) is 13.2 Å². The molecule has 3 rings (SSSR count). The summed E-state index contributed by atoms with van der Waals surface area (Å²) in [6, 6.07) is 15.0. The van der Waals surface area contributed by atoms with E-state index in [2.05, 4.69) is 0 Å². The van der Waals surface area contributed by atoms with Crippen LogP contribution in [0.1, 0.15) is 17.2 Å². The molecular weight excluding hydrogens is 326 g/mol. The normalized spacial score (nSPS) is 15.8. The van der Waals surface area contributed by atoms with Crippen molar-refractivity contribution in [2.24, 2.45) is 0 Å². The molecule has 0 aliphatic carbocycles. The first-order valence-electron chi connectivity index (χ1n) is 7.99. The number of aryl methyl sites for hydroxylation is 1. The maximum atomic E-state index is 13.0. The molecule has 2 aromatic rings. The van der Waals surface area contributed by atoms with Gasteiger partial charge in [-0.15, -0.1) is 0 Å². The van der Waals surface area contributed by atoms with Crippen molar-refractivity contribution in [3.63, 3.8) is 0 Å². The quantitative estimate of drug-likeness (QED) is 0.849. The van der Waals surface area contributed by atoms with Crippen molar-refractivity contribution < 1.29 is 14.3 Å². The highest BCUT2D eigenvalue weighted by atomic mass is 35.5. The van der Waals surface area contributed by atoms with Gasteiger partial charge in [-0.25, -0.2) is 0 Å². The number of nitrogens with zero attached hydrogens (tertiary/aromatic N) is 1. The van der Waals surface area contributed by atoms with Crippen LogP contribution < -0.4 is 4.74 Å². The summed E-state index contributed by atoms with van der Waals surface area (Å²) in [5, 5.41) is 0.679. The molecule has 1 aliphatic rings. The highest BCUT2D eigenvalue weighted by molar-refractivity contribution is 6.31. The number of amides is 1. The molecule has 4 nitrogen and oxygen atoms in total. The molecule has 2 aromatic carbocycles. The Hall–Kier alpha value is -2.04. The Labute approximate surface area is 146 Å². The maximum absolute atomic E-state index is 13.0. The van der Waals surface area contributed by atoms with Gasteiger partial charge in [-0.3, -0.25) is 4.79 Å². The predicted octanol–water partition coefficient (Wildman–Crippen LogP) is 3.63. The van der Waals surface area contributed by atoms with Crippen LogP contribution in [-0.2, 0) is 9.53 Å². The molecule has 126 valence electrons. The zero-order valence-corrected chi connectivity index (χ0v) is 14.3. The van der Waals surface area contributed by atoms with Crippen molar-refractivity contribution in [3.8, 4) is 5.75 Å². The molecule has 24 heavy (non-hydrogen) atoms. The number of carbonyl (C=O) groups excluding carboxylic acids is 1. The van der Waals surface area contributed by atoms with Crippen molar-refractivity contribution in [1.29, 1.82) is 0 Å². The summed E-state index contributed by atoms with van der Waals surface area (Å²) in [7, 11) is 0. The van der Waals surface area contributed by atoms with Gasteiger partial charge in [-0.05, 0) is 30.7 Å². The Bertz CT molecular complexity index is 699. The molecule has 1 heterocycles. The number of ether oxygens (including phenoxy) is 2. The third-order valence-corrected chi connectivity index (χ3v) is 4.46. The minimum atomic E-state index is -0.676. The van der Waals surface area contributed by atoms with E-state index in [0.29, 0.717) is 37.1 Å². The van der Waals surface area contributed by atoms with Gasteiger partial charge in [-0.1, -0.05) is 41.9 Å². The van der Waals surface area contributed by atoms with Crippen LogP contribution in [0.25, 0.3) is 0 Å². The molecule has 1 fully saturated rings. The summed E-state index contributed by atoms with van der Waals surface area (Å²) in [4.78, 5) is 14.8. The van der Waals surface area contributed by atoms with Crippen LogP contribution >= 0.6 is 11.6 Å². The predicted molar refractivity (Wildman–Crippen MR) is 93.4 cm³/mol. The third kappa shape index (κ3) is 3.89. The first kappa shape index (κ1) is 16.8. The Morgan fingerprint density at radius 3 is 2.54 bits per heavy atom. The lowest BCUT2D eigenvalue weighted by Crippen LogP contribution is -2.44. The topological polar surface area (TPSA) is 38.8 Å². The fraction of sp³-hybridized carbons (Fsp3) is 0.316. The fourth-order valence-electron chi connectivity index (χ4n) is 2.66. The van der Waals surface area contributed by atoms with E-state index in [0.717, 1.165) is 11.1 Å². The van der Waals surface area contributed by atoms with Gasteiger partial charge in [0.1, 0.15) is 5.75 Å². The van der Waals surface area contributed by atoms with Crippen LogP contribution in [0.15, 0.2) is 48.5 Å². The Morgan fingerprint density at radius 2 is 1.88 bits per heavy atom. The van der Waals surface area contributed by atoms with Crippen LogP contribution in [-0.4, -0.2) is 37.1 Å². The van der Waals surface area contributed by atoms with E-state index in [1.54, 1.807) is 17.0 Å². The Kier molecular flexibility index (Phi) is 5.38. The van der Waals surface area contributed by atoms with Gasteiger partial charge in [-0.2, -0.15) is 0 Å². The number of carbonyl (C=O) groups is 1. The summed E-state index contributed by atoms with van der Waals surface area (Å²) in [6.45, 7) is 4.22. The third-order valence-electron chi connectivity index (χ3n) is 4.03. The average molecular weight is 346 g/mol. The molecule has 0 saturated carbocycles. The summed E-state index contributed by atoms with van der Waals surface area (Å²) in [5.74, 6) is 0.587. The lowest BCUT2D eigenvalue weighted by Gasteiger charge is -2.30. The molecule has 1 saturated heterocycles. The van der Waals surface area contributed by atoms with Gasteiger partial charge in [0.2, 0.25) is 6.10 Å². The van der Waals surface area contributed by atoms with Crippen molar-refractivity contribution in [2.45, 2.75) is 13.0 Å². The lowest BCUT2D eigenvalue weighted by molar-refractivity contribution is -0.143. The minimum absolute atomic E-state index is 0.0443. The molecule has 1 amide bonds. The van der Waals surface area contributed by atoms with E-state index in [4.69, 9.17) is 21.1 Å². The van der Waals surface area contributed by atoms with Crippen LogP contribution in [0.5, 0.6) is 5.75 Å². The molecule has 0 unspecified atom stereocenters. The van der Waals surface area contributed by atoms with Crippen molar-refractivity contribution in [1.82, 2.24) is 4.90 Å². The number of rotatable bonds is 4. The van der Waals surface area contributed by atoms with E-state index in [9.17, 15) is 4.79 Å². The summed E-state index contributed by atoms with van der Waals surface area (Å²) in [5.41, 5.74) is 1.75. The molecular formula is C19H20ClNO3. The van der Waals surface area contributed by atoms with Crippen LogP contribution in [0.4, 0.5) is 0 Å². The molecule has 0 N–H and O–H groups in total. The van der Waals surface area contributed by atoms with Gasteiger partial charge in [0, 0.05) is 23.7 Å². The highest BCUT2D eigenvalue weighted by Crippen LogP contribution is 2.27. The second-order valence-corrected chi connectivity index (χ2v) is 6.16. The zero-order valence-electron chi connectivity index (χ0n) is 13.6. The van der Waals surface area contributed by atoms with Crippen molar-refractivity contribution in [3.05, 3.63) is 64.7 Å². The van der Waals surface area contributed by atoms with E-state index in [-0.39, 0.29) is 5.91 Å². The molecule has 1 aliphatic heterocycles. The van der Waals surface area contributed by atoms with Crippen molar-refractivity contribution in [2.75, 3.05) is 26.3 Å². The number of hydrogen-bond donors (Lipinski definition) is 0. The monoisotopic (exact) mass is 345 g/mol. The summed E-state index contributed by atoms with van der Waals surface area (Å²) < 4.78 is 11.4. The first-order chi connectivity index (χ1) is 11.6. The highest BCUT2D eigenvalue weighted by Gasteiger charge is 2.29. The first-order valence-corrected chi connectivity index (χ1v) is 8.37. The van der Waals surface area contributed by atoms with Gasteiger partial charge >= 0.3 is 0 Å². The van der Waals surface area contributed by atoms with E-state index in [1.807, 2.05) is 43.3 Å². The SMILES string of the molecule is Cc1cc(O[C@@H](C(=O)N2CCOCC2)c2ccccc2)ccc1Cl. The second kappa shape index (κ2) is 7.69. The second-order valence-electron chi connectivity index (χ2n) is 5.76. The molecule has 5 heteroatoms. The average Bonchev–Trinajstić information content (AvgIpc) is 2.63. The zero-order chi connectivity index (χ0) is 16.9. The molecule has 0 radical (unpaired) electrons. The van der Waals surface area contributed by atoms with E-state index < -0.39 is 6.10 Å². The Balaban J connectivity index is 1.87. The summed E-state index contributed by atoms with van der Waals surface area (Å²) in [6.07, 6.45) is -0.676. The van der Waals surface area contributed by atoms with E-state index >= 15 is 0 Å². The summed E-state index contributed by atoms with van der Waals surface area (Å²) >= 11 is 6.07. The minimum Gasteiger partial charge on any atom is -0.476 e. The maximum Gasteiger partial charge on any atom is 0.268 e. The molecule has 0 aromatic heterocycles. The van der Waals surface area contributed by atoms with Crippen LogP contribution in [0.2, 0.25) is 5.02 Å². The Morgan fingerprint density at radius 1 is 1.17 bits per heavy atom. The lowest BCUT2D eigenvalue weighted by atomic mass is 10.1. The van der Waals surface area contributed by atoms with Gasteiger partial charge in [0.15, 0.2) is 0 Å². The standard InChI is InChI=1S/C19H20ClNO3/c1-14-13-16(7-8-17(14)20)24-18(15-5-3-2-4-6-15)19(22)21-9-11-23-12-10-21/h2-8,13,18H,9-12H2,1H3/t18-/m1/s1. The molecule has 0 bridgehead atoms.